The number of hydrogen-bond acceptors (Lipinski definition) is 3. The quantitative estimate of drug-likeness (QED) is 0.859. The number of furan rings is 1. The van der Waals surface area contributed by atoms with Crippen LogP contribution in [0.25, 0.3) is 0 Å². The molecule has 4 nitrogen and oxygen atoms in total. The van der Waals surface area contributed by atoms with Crippen molar-refractivity contribution in [3.05, 3.63) is 53.5 Å². The molecule has 0 spiro atoms. The van der Waals surface area contributed by atoms with Crippen molar-refractivity contribution in [3.8, 4) is 0 Å². The summed E-state index contributed by atoms with van der Waals surface area (Å²) >= 11 is 0. The van der Waals surface area contributed by atoms with E-state index in [1.165, 1.54) is 17.9 Å². The molecule has 1 heterocycles. The van der Waals surface area contributed by atoms with Gasteiger partial charge in [0.25, 0.3) is 0 Å². The standard InChI is InChI=1S/C15H17NO3/c1-10(2)11-5-3-4-6-13(11)16-9-14-12(15(17)18)7-8-19-14/h3-8,10,16H,9H2,1-2H3,(H,17,18). The summed E-state index contributed by atoms with van der Waals surface area (Å²) in [7, 11) is 0. The van der Waals surface area contributed by atoms with Gasteiger partial charge in [0.1, 0.15) is 11.3 Å². The van der Waals surface area contributed by atoms with Gasteiger partial charge in [0, 0.05) is 5.69 Å². The molecule has 100 valence electrons. The molecule has 2 aromatic rings. The second-order valence-corrected chi connectivity index (χ2v) is 4.66. The van der Waals surface area contributed by atoms with Gasteiger partial charge in [-0.05, 0) is 23.6 Å². The molecule has 0 fully saturated rings. The summed E-state index contributed by atoms with van der Waals surface area (Å²) in [5.41, 5.74) is 2.41. The van der Waals surface area contributed by atoms with Crippen molar-refractivity contribution in [2.45, 2.75) is 26.3 Å². The highest BCUT2D eigenvalue weighted by Crippen LogP contribution is 2.24. The maximum absolute atomic E-state index is 11.0. The molecule has 0 aliphatic carbocycles. The second-order valence-electron chi connectivity index (χ2n) is 4.66. The third-order valence-electron chi connectivity index (χ3n) is 3.00. The van der Waals surface area contributed by atoms with Gasteiger partial charge in [-0.1, -0.05) is 32.0 Å². The van der Waals surface area contributed by atoms with E-state index in [-0.39, 0.29) is 5.56 Å². The van der Waals surface area contributed by atoms with Gasteiger partial charge in [0.15, 0.2) is 0 Å². The zero-order chi connectivity index (χ0) is 13.8. The number of anilines is 1. The summed E-state index contributed by atoms with van der Waals surface area (Å²) < 4.78 is 5.20. The molecule has 1 aromatic heterocycles. The minimum Gasteiger partial charge on any atom is -0.478 e. The highest BCUT2D eigenvalue weighted by Gasteiger charge is 2.13. The first-order chi connectivity index (χ1) is 9.09. The normalized spacial score (nSPS) is 10.7. The van der Waals surface area contributed by atoms with E-state index in [2.05, 4.69) is 25.2 Å². The van der Waals surface area contributed by atoms with Gasteiger partial charge in [0.05, 0.1) is 12.8 Å². The van der Waals surface area contributed by atoms with Gasteiger partial charge in [-0.15, -0.1) is 0 Å². The molecule has 0 aliphatic heterocycles. The average Bonchev–Trinajstić information content (AvgIpc) is 2.85. The fourth-order valence-electron chi connectivity index (χ4n) is 2.01. The Morgan fingerprint density at radius 1 is 1.32 bits per heavy atom. The highest BCUT2D eigenvalue weighted by molar-refractivity contribution is 5.88. The number of carboxylic acid groups (broad SMARTS) is 1. The van der Waals surface area contributed by atoms with Gasteiger partial charge in [-0.3, -0.25) is 0 Å². The highest BCUT2D eigenvalue weighted by atomic mass is 16.4. The van der Waals surface area contributed by atoms with Gasteiger partial charge in [-0.25, -0.2) is 4.79 Å². The minimum atomic E-state index is -0.970. The van der Waals surface area contributed by atoms with Crippen LogP contribution in [-0.2, 0) is 6.54 Å². The number of benzene rings is 1. The van der Waals surface area contributed by atoms with Crippen LogP contribution in [0.2, 0.25) is 0 Å². The largest absolute Gasteiger partial charge is 0.478 e. The minimum absolute atomic E-state index is 0.203. The van der Waals surface area contributed by atoms with E-state index >= 15 is 0 Å². The van der Waals surface area contributed by atoms with Crippen LogP contribution in [0.1, 0.15) is 41.4 Å². The first kappa shape index (κ1) is 13.2. The van der Waals surface area contributed by atoms with Crippen LogP contribution in [0.15, 0.2) is 41.0 Å². The monoisotopic (exact) mass is 259 g/mol. The molecular weight excluding hydrogens is 242 g/mol. The Bertz CT molecular complexity index is 572. The Morgan fingerprint density at radius 3 is 2.74 bits per heavy atom. The van der Waals surface area contributed by atoms with Crippen LogP contribution in [0.5, 0.6) is 0 Å². The third kappa shape index (κ3) is 2.96. The van der Waals surface area contributed by atoms with Crippen molar-refractivity contribution in [3.63, 3.8) is 0 Å². The number of aromatic carboxylic acids is 1. The molecule has 2 N–H and O–H groups in total. The first-order valence-corrected chi connectivity index (χ1v) is 6.22. The third-order valence-corrected chi connectivity index (χ3v) is 3.00. The second kappa shape index (κ2) is 5.61. The maximum atomic E-state index is 11.0. The van der Waals surface area contributed by atoms with Crippen LogP contribution < -0.4 is 5.32 Å². The Kier molecular flexibility index (Phi) is 3.90. The Hall–Kier alpha value is -2.23. The van der Waals surface area contributed by atoms with Crippen LogP contribution >= 0.6 is 0 Å². The van der Waals surface area contributed by atoms with Crippen LogP contribution in [0.3, 0.4) is 0 Å². The number of para-hydroxylation sites is 1. The summed E-state index contributed by atoms with van der Waals surface area (Å²) in [5, 5.41) is 12.2. The molecule has 0 bridgehead atoms. The van der Waals surface area contributed by atoms with Crippen LogP contribution in [0, 0.1) is 0 Å². The number of hydrogen-bond donors (Lipinski definition) is 2. The molecule has 0 unspecified atom stereocenters. The molecule has 0 aliphatic rings. The van der Waals surface area contributed by atoms with E-state index < -0.39 is 5.97 Å². The zero-order valence-electron chi connectivity index (χ0n) is 11.0. The molecule has 0 saturated heterocycles. The van der Waals surface area contributed by atoms with E-state index in [9.17, 15) is 4.79 Å². The molecule has 2 rings (SSSR count). The predicted octanol–water partition coefficient (Wildman–Crippen LogP) is 3.71. The summed E-state index contributed by atoms with van der Waals surface area (Å²) in [6, 6.07) is 9.46. The molecule has 0 saturated carbocycles. The number of rotatable bonds is 5. The number of nitrogens with one attached hydrogen (secondary N) is 1. The van der Waals surface area contributed by atoms with Gasteiger partial charge in [-0.2, -0.15) is 0 Å². The molecule has 19 heavy (non-hydrogen) atoms. The van der Waals surface area contributed by atoms with Crippen molar-refractivity contribution in [2.24, 2.45) is 0 Å². The van der Waals surface area contributed by atoms with Crippen LogP contribution in [0.4, 0.5) is 5.69 Å². The summed E-state index contributed by atoms with van der Waals surface area (Å²) in [5.74, 6) is -0.131. The van der Waals surface area contributed by atoms with Gasteiger partial charge >= 0.3 is 5.97 Å². The van der Waals surface area contributed by atoms with Gasteiger partial charge < -0.3 is 14.8 Å². The molecule has 0 radical (unpaired) electrons. The first-order valence-electron chi connectivity index (χ1n) is 6.22. The van der Waals surface area contributed by atoms with E-state index in [1.807, 2.05) is 18.2 Å². The lowest BCUT2D eigenvalue weighted by Crippen LogP contribution is -2.06. The predicted molar refractivity (Wildman–Crippen MR) is 73.5 cm³/mol. The molecular formula is C15H17NO3. The van der Waals surface area contributed by atoms with Crippen molar-refractivity contribution in [1.29, 1.82) is 0 Å². The molecule has 1 aromatic carbocycles. The fourth-order valence-corrected chi connectivity index (χ4v) is 2.01. The zero-order valence-corrected chi connectivity index (χ0v) is 11.0. The summed E-state index contributed by atoms with van der Waals surface area (Å²) in [6.07, 6.45) is 1.40. The van der Waals surface area contributed by atoms with Crippen molar-refractivity contribution >= 4 is 11.7 Å². The molecule has 0 atom stereocenters. The lowest BCUT2D eigenvalue weighted by molar-refractivity contribution is 0.0694. The van der Waals surface area contributed by atoms with Crippen molar-refractivity contribution in [1.82, 2.24) is 0 Å². The van der Waals surface area contributed by atoms with E-state index in [4.69, 9.17) is 9.52 Å². The van der Waals surface area contributed by atoms with E-state index in [0.29, 0.717) is 18.2 Å². The topological polar surface area (TPSA) is 62.5 Å². The smallest absolute Gasteiger partial charge is 0.339 e. The van der Waals surface area contributed by atoms with Crippen molar-refractivity contribution < 1.29 is 14.3 Å². The number of carbonyl (C=O) groups is 1. The summed E-state index contributed by atoms with van der Waals surface area (Å²) in [4.78, 5) is 11.0. The average molecular weight is 259 g/mol. The van der Waals surface area contributed by atoms with E-state index in [1.54, 1.807) is 0 Å². The van der Waals surface area contributed by atoms with Crippen LogP contribution in [-0.4, -0.2) is 11.1 Å². The fraction of sp³-hybridized carbons (Fsp3) is 0.267. The molecule has 0 amide bonds. The molecule has 4 heteroatoms. The maximum Gasteiger partial charge on any atom is 0.339 e. The van der Waals surface area contributed by atoms with E-state index in [0.717, 1.165) is 5.69 Å². The number of carboxylic acids is 1. The van der Waals surface area contributed by atoms with Gasteiger partial charge in [0.2, 0.25) is 0 Å². The Morgan fingerprint density at radius 2 is 2.05 bits per heavy atom. The summed E-state index contributed by atoms with van der Waals surface area (Å²) in [6.45, 7) is 4.60. The lowest BCUT2D eigenvalue weighted by atomic mass is 10.0. The van der Waals surface area contributed by atoms with Crippen molar-refractivity contribution in [2.75, 3.05) is 5.32 Å². The SMILES string of the molecule is CC(C)c1ccccc1NCc1occc1C(=O)O. The Labute approximate surface area is 112 Å². The Balaban J connectivity index is 2.15. The lowest BCUT2D eigenvalue weighted by Gasteiger charge is -2.13.